The Morgan fingerprint density at radius 3 is 2.27 bits per heavy atom. The highest BCUT2D eigenvalue weighted by atomic mass is 32.1. The highest BCUT2D eigenvalue weighted by Gasteiger charge is 2.34. The lowest BCUT2D eigenvalue weighted by Gasteiger charge is -2.24. The van der Waals surface area contributed by atoms with Crippen molar-refractivity contribution in [3.05, 3.63) is 47.8 Å². The van der Waals surface area contributed by atoms with Gasteiger partial charge in [-0.15, -0.1) is 13.2 Å². The maximum atomic E-state index is 13.8. The molecule has 0 aliphatic heterocycles. The van der Waals surface area contributed by atoms with Crippen molar-refractivity contribution in [2.75, 3.05) is 18.5 Å². The van der Waals surface area contributed by atoms with Crippen LogP contribution in [0.5, 0.6) is 11.5 Å². The second-order valence-corrected chi connectivity index (χ2v) is 25.3. The number of rotatable bonds is 16. The summed E-state index contributed by atoms with van der Waals surface area (Å²) in [5.74, 6) is -0.793. The first kappa shape index (κ1) is 38.2. The van der Waals surface area contributed by atoms with E-state index in [1.54, 1.807) is 6.07 Å². The van der Waals surface area contributed by atoms with Gasteiger partial charge in [0.2, 0.25) is 0 Å². The molecule has 2 rings (SSSR count). The highest BCUT2D eigenvalue weighted by Crippen LogP contribution is 2.51. The van der Waals surface area contributed by atoms with E-state index >= 15 is 0 Å². The van der Waals surface area contributed by atoms with Gasteiger partial charge in [-0.05, 0) is 54.6 Å². The van der Waals surface area contributed by atoms with Gasteiger partial charge in [-0.2, -0.15) is 5.10 Å². The second-order valence-electron chi connectivity index (χ2n) is 12.0. The normalized spacial score (nSPS) is 12.6. The van der Waals surface area contributed by atoms with Gasteiger partial charge in [0.05, 0.1) is 25.1 Å². The number of ether oxygens (including phenoxy) is 2. The third-order valence-corrected chi connectivity index (χ3v) is 10.4. The number of hydrogen-bond donors (Lipinski definition) is 3. The Bertz CT molecular complexity index is 1370. The van der Waals surface area contributed by atoms with E-state index in [-0.39, 0.29) is 41.0 Å². The number of amides is 1. The molecular weight excluding hydrogens is 671 g/mol. The van der Waals surface area contributed by atoms with E-state index in [1.165, 1.54) is 18.5 Å². The van der Waals surface area contributed by atoms with Crippen LogP contribution in [0.15, 0.2) is 41.6 Å². The zero-order valence-corrected chi connectivity index (χ0v) is 29.6. The van der Waals surface area contributed by atoms with Crippen molar-refractivity contribution >= 4 is 59.3 Å². The first-order valence-electron chi connectivity index (χ1n) is 13.7. The van der Waals surface area contributed by atoms with Gasteiger partial charge in [0, 0.05) is 27.9 Å². The fourth-order valence-electron chi connectivity index (χ4n) is 3.16. The molecule has 0 fully saturated rings. The Kier molecular flexibility index (Phi) is 14.0. The second kappa shape index (κ2) is 16.5. The summed E-state index contributed by atoms with van der Waals surface area (Å²) in [5.41, 5.74) is 8.00. The van der Waals surface area contributed by atoms with Crippen LogP contribution in [0.3, 0.4) is 0 Å². The summed E-state index contributed by atoms with van der Waals surface area (Å²) in [6.45, 7) is 12.3. The van der Waals surface area contributed by atoms with E-state index in [4.69, 9.17) is 24.0 Å². The molecule has 0 atom stereocenters. The minimum atomic E-state index is -4.99. The fourth-order valence-corrected chi connectivity index (χ4v) is 6.22. The molecule has 19 heteroatoms. The van der Waals surface area contributed by atoms with Crippen molar-refractivity contribution < 1.29 is 45.6 Å². The topological polar surface area (TPSA) is 156 Å². The number of phosphoric ester groups is 1. The van der Waals surface area contributed by atoms with Gasteiger partial charge in [0.25, 0.3) is 0 Å². The number of anilines is 1. The molecule has 1 amide bonds. The van der Waals surface area contributed by atoms with Gasteiger partial charge in [-0.1, -0.05) is 39.3 Å². The van der Waals surface area contributed by atoms with Gasteiger partial charge < -0.3 is 19.7 Å². The summed E-state index contributed by atoms with van der Waals surface area (Å²) in [6.07, 6.45) is -3.28. The predicted molar refractivity (Wildman–Crippen MR) is 175 cm³/mol. The first-order chi connectivity index (χ1) is 20.7. The lowest BCUT2D eigenvalue weighted by atomic mass is 10.2. The monoisotopic (exact) mass is 709 g/mol. The van der Waals surface area contributed by atoms with Crippen molar-refractivity contribution in [3.8, 4) is 11.5 Å². The molecule has 2 aromatic rings. The van der Waals surface area contributed by atoms with Crippen molar-refractivity contribution in [3.63, 3.8) is 0 Å². The summed E-state index contributed by atoms with van der Waals surface area (Å²) >= 11 is 4.68. The number of phosphoric acid groups is 1. The quantitative estimate of drug-likeness (QED) is 0.0538. The summed E-state index contributed by atoms with van der Waals surface area (Å²) in [6, 6.07) is 7.40. The van der Waals surface area contributed by atoms with Crippen LogP contribution in [0.2, 0.25) is 51.4 Å². The van der Waals surface area contributed by atoms with Gasteiger partial charge in [0.15, 0.2) is 5.11 Å². The van der Waals surface area contributed by atoms with Crippen LogP contribution in [-0.4, -0.2) is 58.1 Å². The molecule has 45 heavy (non-hydrogen) atoms. The Hall–Kier alpha value is -3.03. The lowest BCUT2D eigenvalue weighted by Crippen LogP contribution is -2.24. The summed E-state index contributed by atoms with van der Waals surface area (Å²) in [5, 5.41) is 6.18. The van der Waals surface area contributed by atoms with Crippen LogP contribution < -0.4 is 25.7 Å². The minimum Gasteiger partial charge on any atom is -0.444 e. The van der Waals surface area contributed by atoms with Crippen molar-refractivity contribution in [2.24, 2.45) is 10.8 Å². The van der Waals surface area contributed by atoms with E-state index in [0.717, 1.165) is 18.2 Å². The molecular formula is C26H39F3N5O7PSSi2. The maximum absolute atomic E-state index is 13.8. The number of alkyl halides is 3. The van der Waals surface area contributed by atoms with Gasteiger partial charge >= 0.3 is 20.3 Å². The van der Waals surface area contributed by atoms with Crippen LogP contribution in [0.4, 0.5) is 23.7 Å². The van der Waals surface area contributed by atoms with Crippen molar-refractivity contribution in [2.45, 2.75) is 64.3 Å². The first-order valence-corrected chi connectivity index (χ1v) is 23.0. The number of nitrogens with one attached hydrogen (secondary N) is 2. The van der Waals surface area contributed by atoms with Crippen LogP contribution >= 0.6 is 20.0 Å². The van der Waals surface area contributed by atoms with Crippen LogP contribution in [0.25, 0.3) is 0 Å². The van der Waals surface area contributed by atoms with Crippen LogP contribution in [0.1, 0.15) is 11.3 Å². The number of pyridine rings is 1. The average molecular weight is 710 g/mol. The largest absolute Gasteiger partial charge is 0.573 e. The highest BCUT2D eigenvalue weighted by molar-refractivity contribution is 7.80. The molecule has 0 bridgehead atoms. The molecule has 0 saturated carbocycles. The number of carbonyl (C=O) groups excluding carboxylic acids is 1. The number of halogens is 3. The van der Waals surface area contributed by atoms with Gasteiger partial charge in [-0.3, -0.25) is 24.8 Å². The zero-order chi connectivity index (χ0) is 33.9. The van der Waals surface area contributed by atoms with E-state index in [9.17, 15) is 22.5 Å². The molecule has 250 valence electrons. The Morgan fingerprint density at radius 1 is 1.09 bits per heavy atom. The SMILES string of the molecule is C[Si](C)(C)CCOP(=O)(OCC[Si](C)(C)C)Oc1ccc(OC(F)(F)F)cc1COC(=O)Nc1cccnc1C=NNC(N)=S. The Morgan fingerprint density at radius 2 is 1.71 bits per heavy atom. The smallest absolute Gasteiger partial charge is 0.444 e. The third-order valence-electron chi connectivity index (χ3n) is 5.47. The number of thiocarbonyl (C=S) groups is 1. The van der Waals surface area contributed by atoms with E-state index in [0.29, 0.717) is 12.1 Å². The van der Waals surface area contributed by atoms with Crippen molar-refractivity contribution in [1.29, 1.82) is 0 Å². The summed E-state index contributed by atoms with van der Waals surface area (Å²) in [7, 11) is -7.43. The number of nitrogens with zero attached hydrogens (tertiary/aromatic N) is 2. The molecule has 12 nitrogen and oxygen atoms in total. The number of hydrogen-bond acceptors (Lipinski definition) is 10. The van der Waals surface area contributed by atoms with E-state index in [2.05, 4.69) is 77.1 Å². The number of hydrazone groups is 1. The number of aromatic nitrogens is 1. The van der Waals surface area contributed by atoms with Crippen molar-refractivity contribution in [1.82, 2.24) is 10.4 Å². The predicted octanol–water partition coefficient (Wildman–Crippen LogP) is 7.09. The molecule has 1 aromatic heterocycles. The molecule has 0 aliphatic carbocycles. The Balaban J connectivity index is 2.30. The number of nitrogens with two attached hydrogens (primary N) is 1. The summed E-state index contributed by atoms with van der Waals surface area (Å²) in [4.78, 5) is 16.8. The lowest BCUT2D eigenvalue weighted by molar-refractivity contribution is -0.274. The van der Waals surface area contributed by atoms with Gasteiger partial charge in [-0.25, -0.2) is 9.36 Å². The number of carbonyl (C=O) groups is 1. The standard InChI is InChI=1S/C26H39F3N5O7PSSi2/c1-44(2,3)14-12-38-42(36,39-13-15-45(4,5)6)41-23-10-9-20(40-26(27,28)29)16-19(23)18-37-25(35)33-21-8-7-11-31-22(21)17-32-34-24(30)43/h7-11,16-17H,12-15,18H2,1-6H3,(H,33,35)(H3,30,34,43). The third kappa shape index (κ3) is 16.2. The molecule has 0 saturated heterocycles. The van der Waals surface area contributed by atoms with E-state index < -0.39 is 48.8 Å². The molecule has 0 radical (unpaired) electrons. The van der Waals surface area contributed by atoms with Gasteiger partial charge in [0.1, 0.15) is 23.8 Å². The molecule has 1 aromatic carbocycles. The van der Waals surface area contributed by atoms with Crippen LogP contribution in [-0.2, 0) is 25.0 Å². The fraction of sp³-hybridized carbons (Fsp3) is 0.462. The molecule has 0 spiro atoms. The average Bonchev–Trinajstić information content (AvgIpc) is 2.87. The van der Waals surface area contributed by atoms with Crippen LogP contribution in [0, 0.1) is 0 Å². The minimum absolute atomic E-state index is 0.0849. The Labute approximate surface area is 267 Å². The molecule has 0 unspecified atom stereocenters. The summed E-state index contributed by atoms with van der Waals surface area (Å²) < 4.78 is 79.0. The zero-order valence-electron chi connectivity index (χ0n) is 25.9. The van der Waals surface area contributed by atoms with E-state index in [1.807, 2.05) is 0 Å². The number of benzene rings is 1. The maximum Gasteiger partial charge on any atom is 0.573 e. The molecule has 0 aliphatic rings. The molecule has 1 heterocycles. The molecule has 4 N–H and O–H groups in total.